The molecule has 1 aliphatic heterocycles. The molecule has 0 bridgehead atoms. The molecule has 0 atom stereocenters. The number of carbonyl (C=O) groups excluding carboxylic acids is 2. The van der Waals surface area contributed by atoms with Gasteiger partial charge in [0, 0.05) is 44.8 Å². The summed E-state index contributed by atoms with van der Waals surface area (Å²) in [6.45, 7) is 1.89. The number of rotatable bonds is 2. The van der Waals surface area contributed by atoms with Crippen molar-refractivity contribution in [1.82, 2.24) is 9.97 Å². The van der Waals surface area contributed by atoms with Gasteiger partial charge in [0.25, 0.3) is 0 Å². The van der Waals surface area contributed by atoms with Crippen LogP contribution < -0.4 is 0 Å². The van der Waals surface area contributed by atoms with Gasteiger partial charge in [-0.2, -0.15) is 0 Å². The molecule has 5 nitrogen and oxygen atoms in total. The third kappa shape index (κ3) is 1.91. The number of hydrogen-bond acceptors (Lipinski definition) is 3. The largest absolute Gasteiger partial charge is 0.386 e. The molecule has 0 spiro atoms. The summed E-state index contributed by atoms with van der Waals surface area (Å²) in [5.41, 5.74) is 4.66. The Morgan fingerprint density at radius 3 is 2.27 bits per heavy atom. The Labute approximate surface area is 148 Å². The van der Waals surface area contributed by atoms with Gasteiger partial charge < -0.3 is 14.7 Å². The molecule has 126 valence electrons. The molecule has 0 aliphatic carbocycles. The number of fused-ring (bicyclic) bond motifs is 2. The average molecular weight is 342 g/mol. The van der Waals surface area contributed by atoms with Gasteiger partial charge in [-0.05, 0) is 19.1 Å². The van der Waals surface area contributed by atoms with Crippen LogP contribution in [-0.2, 0) is 14.3 Å². The van der Waals surface area contributed by atoms with E-state index in [1.165, 1.54) is 0 Å². The van der Waals surface area contributed by atoms with Crippen molar-refractivity contribution in [3.63, 3.8) is 0 Å². The van der Waals surface area contributed by atoms with E-state index < -0.39 is 11.9 Å². The summed E-state index contributed by atoms with van der Waals surface area (Å²) < 4.78 is 5.01. The van der Waals surface area contributed by atoms with E-state index in [4.69, 9.17) is 4.74 Å². The first-order valence-electron chi connectivity index (χ1n) is 8.30. The Morgan fingerprint density at radius 1 is 0.808 bits per heavy atom. The standard InChI is InChI=1S/C21H14N2O3/c1-11-17(13-7-3-5-9-16(13)23-11)19-18(20(24)26-21(19)25)14-10-22-15-8-4-2-6-12(14)15/h2-10,22-23H,1H3. The van der Waals surface area contributed by atoms with Gasteiger partial charge in [-0.25, -0.2) is 9.59 Å². The predicted molar refractivity (Wildman–Crippen MR) is 99.2 cm³/mol. The summed E-state index contributed by atoms with van der Waals surface area (Å²) in [5, 5.41) is 1.77. The van der Waals surface area contributed by atoms with E-state index >= 15 is 0 Å². The van der Waals surface area contributed by atoms with Crippen LogP contribution >= 0.6 is 0 Å². The molecule has 0 saturated carbocycles. The van der Waals surface area contributed by atoms with Crippen molar-refractivity contribution in [1.29, 1.82) is 0 Å². The lowest BCUT2D eigenvalue weighted by Gasteiger charge is -2.03. The summed E-state index contributed by atoms with van der Waals surface area (Å²) in [6, 6.07) is 15.4. The van der Waals surface area contributed by atoms with Gasteiger partial charge >= 0.3 is 11.9 Å². The number of para-hydroxylation sites is 2. The van der Waals surface area contributed by atoms with Crippen LogP contribution in [0.5, 0.6) is 0 Å². The number of esters is 2. The van der Waals surface area contributed by atoms with Crippen molar-refractivity contribution >= 4 is 44.9 Å². The molecule has 26 heavy (non-hydrogen) atoms. The Bertz CT molecular complexity index is 1260. The van der Waals surface area contributed by atoms with Gasteiger partial charge in [0.2, 0.25) is 0 Å². The van der Waals surface area contributed by atoms with Crippen molar-refractivity contribution < 1.29 is 14.3 Å². The lowest BCUT2D eigenvalue weighted by Crippen LogP contribution is -2.02. The molecule has 0 fully saturated rings. The number of aromatic nitrogens is 2. The van der Waals surface area contributed by atoms with Crippen LogP contribution in [0.3, 0.4) is 0 Å². The first-order valence-corrected chi connectivity index (χ1v) is 8.30. The molecule has 5 rings (SSSR count). The van der Waals surface area contributed by atoms with Gasteiger partial charge in [-0.3, -0.25) is 0 Å². The van der Waals surface area contributed by atoms with Crippen LogP contribution in [0.4, 0.5) is 0 Å². The van der Waals surface area contributed by atoms with Crippen LogP contribution in [0.25, 0.3) is 33.0 Å². The fourth-order valence-electron chi connectivity index (χ4n) is 3.74. The molecule has 5 heteroatoms. The van der Waals surface area contributed by atoms with Crippen molar-refractivity contribution in [3.05, 3.63) is 71.5 Å². The van der Waals surface area contributed by atoms with Crippen LogP contribution in [-0.4, -0.2) is 21.9 Å². The Morgan fingerprint density at radius 2 is 1.46 bits per heavy atom. The molecular weight excluding hydrogens is 328 g/mol. The highest BCUT2D eigenvalue weighted by Crippen LogP contribution is 2.40. The SMILES string of the molecule is Cc1[nH]c2ccccc2c1C1=C(c2c[nH]c3ccccc23)C(=O)OC1=O. The number of aromatic amines is 2. The van der Waals surface area contributed by atoms with E-state index in [2.05, 4.69) is 9.97 Å². The molecule has 0 unspecified atom stereocenters. The summed E-state index contributed by atoms with van der Waals surface area (Å²) in [5.74, 6) is -1.22. The molecule has 2 aromatic carbocycles. The molecule has 4 aromatic rings. The van der Waals surface area contributed by atoms with Crippen LogP contribution in [0.2, 0.25) is 0 Å². The van der Waals surface area contributed by atoms with Crippen molar-refractivity contribution in [2.24, 2.45) is 0 Å². The molecule has 0 radical (unpaired) electrons. The number of ether oxygens (including phenoxy) is 1. The molecule has 2 aromatic heterocycles. The first kappa shape index (κ1) is 14.7. The maximum Gasteiger partial charge on any atom is 0.347 e. The molecule has 0 saturated heterocycles. The van der Waals surface area contributed by atoms with Crippen molar-refractivity contribution in [2.45, 2.75) is 6.92 Å². The van der Waals surface area contributed by atoms with Crippen LogP contribution in [0.15, 0.2) is 54.7 Å². The van der Waals surface area contributed by atoms with Gasteiger partial charge in [-0.1, -0.05) is 36.4 Å². The number of carbonyl (C=O) groups is 2. The number of cyclic esters (lactones) is 2. The smallest absolute Gasteiger partial charge is 0.347 e. The quantitative estimate of drug-likeness (QED) is 0.428. The lowest BCUT2D eigenvalue weighted by atomic mass is 9.94. The zero-order valence-corrected chi connectivity index (χ0v) is 13.9. The average Bonchev–Trinajstić information content (AvgIpc) is 3.27. The topological polar surface area (TPSA) is 74.9 Å². The molecule has 0 amide bonds. The van der Waals surface area contributed by atoms with E-state index in [0.29, 0.717) is 16.7 Å². The molecule has 3 heterocycles. The zero-order chi connectivity index (χ0) is 17.8. The lowest BCUT2D eigenvalue weighted by molar-refractivity contribution is -0.149. The highest BCUT2D eigenvalue weighted by atomic mass is 16.6. The fourth-order valence-corrected chi connectivity index (χ4v) is 3.74. The Kier molecular flexibility index (Phi) is 2.94. The minimum Gasteiger partial charge on any atom is -0.386 e. The maximum atomic E-state index is 12.6. The van der Waals surface area contributed by atoms with Gasteiger partial charge in [-0.15, -0.1) is 0 Å². The van der Waals surface area contributed by atoms with Crippen LogP contribution in [0.1, 0.15) is 16.8 Å². The highest BCUT2D eigenvalue weighted by molar-refractivity contribution is 6.47. The number of H-pyrrole nitrogens is 2. The van der Waals surface area contributed by atoms with Gasteiger partial charge in [0.05, 0.1) is 11.1 Å². The van der Waals surface area contributed by atoms with E-state index in [9.17, 15) is 9.59 Å². The molecule has 2 N–H and O–H groups in total. The highest BCUT2D eigenvalue weighted by Gasteiger charge is 2.37. The summed E-state index contributed by atoms with van der Waals surface area (Å²) in [7, 11) is 0. The maximum absolute atomic E-state index is 12.6. The van der Waals surface area contributed by atoms with E-state index in [-0.39, 0.29) is 0 Å². The minimum absolute atomic E-state index is 0.306. The van der Waals surface area contributed by atoms with Gasteiger partial charge in [0.1, 0.15) is 0 Å². The van der Waals surface area contributed by atoms with E-state index in [0.717, 1.165) is 33.1 Å². The second-order valence-corrected chi connectivity index (χ2v) is 6.35. The third-order valence-corrected chi connectivity index (χ3v) is 4.85. The fraction of sp³-hybridized carbons (Fsp3) is 0.0476. The van der Waals surface area contributed by atoms with E-state index in [1.54, 1.807) is 6.20 Å². The number of hydrogen-bond donors (Lipinski definition) is 2. The number of aryl methyl sites for hydroxylation is 1. The summed E-state index contributed by atoms with van der Waals surface area (Å²) >= 11 is 0. The van der Waals surface area contributed by atoms with E-state index in [1.807, 2.05) is 55.5 Å². The normalized spacial score (nSPS) is 14.7. The van der Waals surface area contributed by atoms with Crippen molar-refractivity contribution in [2.75, 3.05) is 0 Å². The van der Waals surface area contributed by atoms with Gasteiger partial charge in [0.15, 0.2) is 0 Å². The third-order valence-electron chi connectivity index (χ3n) is 4.85. The van der Waals surface area contributed by atoms with Crippen molar-refractivity contribution in [3.8, 4) is 0 Å². The number of benzene rings is 2. The zero-order valence-electron chi connectivity index (χ0n) is 13.9. The Balaban J connectivity index is 1.88. The summed E-state index contributed by atoms with van der Waals surface area (Å²) in [6.07, 6.45) is 1.75. The van der Waals surface area contributed by atoms with Crippen LogP contribution in [0, 0.1) is 6.92 Å². The summed E-state index contributed by atoms with van der Waals surface area (Å²) in [4.78, 5) is 31.6. The first-order chi connectivity index (χ1) is 12.6. The molecular formula is C21H14N2O3. The monoisotopic (exact) mass is 342 g/mol. The molecule has 1 aliphatic rings. The number of nitrogens with one attached hydrogen (secondary N) is 2. The predicted octanol–water partition coefficient (Wildman–Crippen LogP) is 3.95. The second kappa shape index (κ2) is 5.20. The minimum atomic E-state index is -0.612. The second-order valence-electron chi connectivity index (χ2n) is 6.35. The Hall–Kier alpha value is -3.60.